The first-order chi connectivity index (χ1) is 18.8. The van der Waals surface area contributed by atoms with E-state index in [1.807, 2.05) is 60.4 Å². The fourth-order valence-corrected chi connectivity index (χ4v) is 5.11. The van der Waals surface area contributed by atoms with Crippen LogP contribution in [0.2, 0.25) is 5.02 Å². The molecule has 0 aliphatic carbocycles. The van der Waals surface area contributed by atoms with Crippen molar-refractivity contribution in [3.8, 4) is 5.75 Å². The smallest absolute Gasteiger partial charge is 0.224 e. The van der Waals surface area contributed by atoms with Crippen LogP contribution >= 0.6 is 11.6 Å². The zero-order valence-electron chi connectivity index (χ0n) is 22.4. The highest BCUT2D eigenvalue weighted by Gasteiger charge is 2.35. The molecule has 4 rings (SSSR count). The van der Waals surface area contributed by atoms with E-state index in [2.05, 4.69) is 23.1 Å². The second-order valence-corrected chi connectivity index (χ2v) is 10.4. The van der Waals surface area contributed by atoms with Gasteiger partial charge in [-0.1, -0.05) is 48.0 Å². The summed E-state index contributed by atoms with van der Waals surface area (Å²) in [6.45, 7) is 5.69. The average molecular weight is 550 g/mol. The summed E-state index contributed by atoms with van der Waals surface area (Å²) in [5.41, 5.74) is 3.26. The number of carbonyl (C=O) groups is 1. The summed E-state index contributed by atoms with van der Waals surface area (Å²) >= 11 is 6.14. The minimum absolute atomic E-state index is 0.00331. The van der Waals surface area contributed by atoms with Gasteiger partial charge in [0.2, 0.25) is 5.91 Å². The Morgan fingerprint density at radius 3 is 2.31 bits per heavy atom. The van der Waals surface area contributed by atoms with Gasteiger partial charge in [0, 0.05) is 30.7 Å². The molecule has 3 aromatic rings. The Hall–Kier alpha value is -3.64. The van der Waals surface area contributed by atoms with Crippen LogP contribution in [0, 0.1) is 5.82 Å². The third kappa shape index (κ3) is 7.27. The molecule has 1 unspecified atom stereocenters. The number of rotatable bonds is 9. The number of hydrogen-bond donors (Lipinski definition) is 1. The van der Waals surface area contributed by atoms with Gasteiger partial charge >= 0.3 is 0 Å². The summed E-state index contributed by atoms with van der Waals surface area (Å²) in [7, 11) is 1.61. The topological polar surface area (TPSA) is 61.9 Å². The van der Waals surface area contributed by atoms with E-state index in [-0.39, 0.29) is 36.3 Å². The molecule has 0 radical (unpaired) electrons. The molecular weight excluding hydrogens is 517 g/mol. The van der Waals surface area contributed by atoms with Crippen molar-refractivity contribution in [1.82, 2.24) is 15.1 Å². The highest BCUT2D eigenvalue weighted by Crippen LogP contribution is 2.28. The first-order valence-electron chi connectivity index (χ1n) is 12.9. The maximum Gasteiger partial charge on any atom is 0.224 e. The first kappa shape index (κ1) is 28.4. The largest absolute Gasteiger partial charge is 0.497 e. The molecule has 0 spiro atoms. The van der Waals surface area contributed by atoms with E-state index in [0.717, 1.165) is 22.4 Å². The molecule has 1 amide bonds. The molecule has 1 aliphatic heterocycles. The van der Waals surface area contributed by atoms with Crippen LogP contribution in [0.3, 0.4) is 0 Å². The number of methoxy groups -OCH3 is 1. The minimum atomic E-state index is -0.320. The SMILES string of the molecule is COc1ccc(CC(=O)NC(CN2C[C@@H](C)N(Cc3ccc(F)cc3)C(=C=O)[C@@H]2C)c2ccc(Cl)cc2)cc1. The summed E-state index contributed by atoms with van der Waals surface area (Å²) in [6.07, 6.45) is 0.227. The first-order valence-corrected chi connectivity index (χ1v) is 13.3. The van der Waals surface area contributed by atoms with Crippen molar-refractivity contribution < 1.29 is 18.7 Å². The fourth-order valence-electron chi connectivity index (χ4n) is 4.99. The van der Waals surface area contributed by atoms with Crippen molar-refractivity contribution in [2.24, 2.45) is 0 Å². The van der Waals surface area contributed by atoms with E-state index >= 15 is 0 Å². The molecule has 1 fully saturated rings. The molecule has 1 saturated heterocycles. The van der Waals surface area contributed by atoms with Gasteiger partial charge in [-0.25, -0.2) is 9.18 Å². The molecule has 3 aromatic carbocycles. The minimum Gasteiger partial charge on any atom is -0.497 e. The molecule has 0 saturated carbocycles. The van der Waals surface area contributed by atoms with Crippen molar-refractivity contribution >= 4 is 23.4 Å². The lowest BCUT2D eigenvalue weighted by atomic mass is 10.00. The lowest BCUT2D eigenvalue weighted by molar-refractivity contribution is -0.121. The van der Waals surface area contributed by atoms with Crippen LogP contribution in [0.25, 0.3) is 0 Å². The van der Waals surface area contributed by atoms with Crippen molar-refractivity contribution in [3.63, 3.8) is 0 Å². The lowest BCUT2D eigenvalue weighted by Gasteiger charge is -2.46. The maximum atomic E-state index is 13.4. The number of ether oxygens (including phenoxy) is 1. The van der Waals surface area contributed by atoms with E-state index in [0.29, 0.717) is 30.4 Å². The molecule has 0 bridgehead atoms. The number of hydrogen-bond acceptors (Lipinski definition) is 5. The zero-order valence-corrected chi connectivity index (χ0v) is 23.1. The predicted octanol–water partition coefficient (Wildman–Crippen LogP) is 5.20. The normalized spacial score (nSPS) is 18.4. The Labute approximate surface area is 234 Å². The number of benzene rings is 3. The van der Waals surface area contributed by atoms with Crippen LogP contribution in [0.1, 0.15) is 36.6 Å². The average Bonchev–Trinajstić information content (AvgIpc) is 2.93. The fraction of sp³-hybridized carbons (Fsp3) is 0.323. The highest BCUT2D eigenvalue weighted by molar-refractivity contribution is 6.30. The number of piperazine rings is 1. The van der Waals surface area contributed by atoms with Gasteiger partial charge in [-0.3, -0.25) is 9.69 Å². The number of amides is 1. The molecule has 3 atom stereocenters. The van der Waals surface area contributed by atoms with E-state index < -0.39 is 0 Å². The quantitative estimate of drug-likeness (QED) is 0.372. The number of nitrogens with zero attached hydrogens (tertiary/aromatic N) is 2. The van der Waals surface area contributed by atoms with Gasteiger partial charge in [-0.15, -0.1) is 0 Å². The summed E-state index contributed by atoms with van der Waals surface area (Å²) in [4.78, 5) is 29.5. The van der Waals surface area contributed by atoms with Crippen molar-refractivity contribution in [2.45, 2.75) is 44.9 Å². The third-order valence-electron chi connectivity index (χ3n) is 7.20. The van der Waals surface area contributed by atoms with Crippen LogP contribution in [-0.4, -0.2) is 53.9 Å². The standard InChI is InChI=1S/C31H33ClFN3O3/c1-21-17-35(22(2)30(20-37)36(21)18-24-4-12-27(33)13-5-24)19-29(25-8-10-26(32)11-9-25)34-31(38)16-23-6-14-28(39-3)15-7-23/h4-15,21-22,29H,16-19H2,1-3H3,(H,34,38)/t21-,22+,29?/m1/s1. The molecule has 8 heteroatoms. The van der Waals surface area contributed by atoms with Gasteiger partial charge in [-0.2, -0.15) is 0 Å². The second kappa shape index (κ2) is 12.9. The second-order valence-electron chi connectivity index (χ2n) is 9.92. The molecule has 1 N–H and O–H groups in total. The Morgan fingerprint density at radius 2 is 1.69 bits per heavy atom. The van der Waals surface area contributed by atoms with Gasteiger partial charge in [0.15, 0.2) is 0 Å². The Bertz CT molecular complexity index is 1310. The van der Waals surface area contributed by atoms with E-state index in [9.17, 15) is 14.0 Å². The maximum absolute atomic E-state index is 13.4. The van der Waals surface area contributed by atoms with Gasteiger partial charge in [-0.05, 0) is 66.9 Å². The van der Waals surface area contributed by atoms with Gasteiger partial charge in [0.1, 0.15) is 23.2 Å². The van der Waals surface area contributed by atoms with Crippen LogP contribution in [0.4, 0.5) is 4.39 Å². The molecule has 39 heavy (non-hydrogen) atoms. The number of nitrogens with one attached hydrogen (secondary N) is 1. The Balaban J connectivity index is 1.50. The summed E-state index contributed by atoms with van der Waals surface area (Å²) in [5.74, 6) is 2.49. The Kier molecular flexibility index (Phi) is 9.41. The predicted molar refractivity (Wildman–Crippen MR) is 151 cm³/mol. The zero-order chi connectivity index (χ0) is 27.9. The van der Waals surface area contributed by atoms with Gasteiger partial charge in [0.05, 0.1) is 25.6 Å². The number of halogens is 2. The summed E-state index contributed by atoms with van der Waals surface area (Å²) in [5, 5.41) is 3.81. The summed E-state index contributed by atoms with van der Waals surface area (Å²) < 4.78 is 18.6. The molecule has 0 aromatic heterocycles. The van der Waals surface area contributed by atoms with Crippen LogP contribution in [0.5, 0.6) is 5.75 Å². The van der Waals surface area contributed by atoms with Crippen molar-refractivity contribution in [3.05, 3.63) is 106 Å². The van der Waals surface area contributed by atoms with Crippen molar-refractivity contribution in [1.29, 1.82) is 0 Å². The number of carbonyl (C=O) groups excluding carboxylic acids is 2. The summed E-state index contributed by atoms with van der Waals surface area (Å²) in [6, 6.07) is 20.6. The van der Waals surface area contributed by atoms with Crippen molar-refractivity contribution in [2.75, 3.05) is 20.2 Å². The Morgan fingerprint density at radius 1 is 1.05 bits per heavy atom. The van der Waals surface area contributed by atoms with Crippen LogP contribution in [0.15, 0.2) is 78.5 Å². The monoisotopic (exact) mass is 549 g/mol. The van der Waals surface area contributed by atoms with E-state index in [1.54, 1.807) is 19.2 Å². The van der Waals surface area contributed by atoms with Crippen LogP contribution in [-0.2, 0) is 22.6 Å². The molecule has 204 valence electrons. The highest BCUT2D eigenvalue weighted by atomic mass is 35.5. The third-order valence-corrected chi connectivity index (χ3v) is 7.45. The molecule has 6 nitrogen and oxygen atoms in total. The van der Waals surface area contributed by atoms with E-state index in [1.165, 1.54) is 12.1 Å². The molecule has 1 heterocycles. The van der Waals surface area contributed by atoms with Gasteiger partial charge in [0.25, 0.3) is 0 Å². The lowest BCUT2D eigenvalue weighted by Crippen LogP contribution is -2.56. The van der Waals surface area contributed by atoms with Crippen LogP contribution < -0.4 is 10.1 Å². The van der Waals surface area contributed by atoms with Gasteiger partial charge < -0.3 is 15.0 Å². The molecule has 1 aliphatic rings. The molecular formula is C31H33ClFN3O3. The van der Waals surface area contributed by atoms with E-state index in [4.69, 9.17) is 16.3 Å².